The van der Waals surface area contributed by atoms with Gasteiger partial charge in [0.05, 0.1) is 6.04 Å². The first kappa shape index (κ1) is 16.4. The Balaban J connectivity index is 1.66. The van der Waals surface area contributed by atoms with Gasteiger partial charge in [-0.3, -0.25) is 9.69 Å². The van der Waals surface area contributed by atoms with Crippen LogP contribution in [0, 0.1) is 0 Å². The van der Waals surface area contributed by atoms with Crippen LogP contribution in [0.3, 0.4) is 0 Å². The molecule has 23 heavy (non-hydrogen) atoms. The molecule has 0 aliphatic carbocycles. The molecule has 3 rings (SSSR count). The van der Waals surface area contributed by atoms with Crippen LogP contribution in [0.5, 0.6) is 0 Å². The minimum Gasteiger partial charge on any atom is -0.341 e. The van der Waals surface area contributed by atoms with Gasteiger partial charge in [-0.05, 0) is 39.3 Å². The first-order valence-electron chi connectivity index (χ1n) is 8.88. The molecule has 128 valence electrons. The monoisotopic (exact) mass is 320 g/mol. The Morgan fingerprint density at radius 2 is 2.04 bits per heavy atom. The zero-order valence-electron chi connectivity index (χ0n) is 14.5. The van der Waals surface area contributed by atoms with Gasteiger partial charge < -0.3 is 9.42 Å². The fraction of sp³-hybridized carbons (Fsp3) is 0.824. The Morgan fingerprint density at radius 1 is 1.22 bits per heavy atom. The van der Waals surface area contributed by atoms with Crippen molar-refractivity contribution >= 4 is 5.91 Å². The lowest BCUT2D eigenvalue weighted by Crippen LogP contribution is -2.51. The molecule has 6 nitrogen and oxygen atoms in total. The van der Waals surface area contributed by atoms with Crippen molar-refractivity contribution in [1.82, 2.24) is 19.9 Å². The summed E-state index contributed by atoms with van der Waals surface area (Å²) in [6.07, 6.45) is 5.38. The predicted molar refractivity (Wildman–Crippen MR) is 87.2 cm³/mol. The van der Waals surface area contributed by atoms with Gasteiger partial charge in [0, 0.05) is 24.9 Å². The predicted octanol–water partition coefficient (Wildman–Crippen LogP) is 2.38. The molecule has 0 unspecified atom stereocenters. The SMILES string of the molecule is CC(C)c1nc([C@H]2CCCN(C(=O)[C@H]3CCCCN3C)C2)no1. The number of likely N-dealkylation sites (tertiary alicyclic amines) is 2. The molecule has 6 heteroatoms. The third kappa shape index (κ3) is 3.57. The number of amides is 1. The second-order valence-electron chi connectivity index (χ2n) is 7.26. The number of piperidine rings is 2. The van der Waals surface area contributed by atoms with E-state index in [1.807, 2.05) is 18.7 Å². The summed E-state index contributed by atoms with van der Waals surface area (Å²) < 4.78 is 5.34. The largest absolute Gasteiger partial charge is 0.341 e. The molecule has 0 N–H and O–H groups in total. The molecular weight excluding hydrogens is 292 g/mol. The summed E-state index contributed by atoms with van der Waals surface area (Å²) in [4.78, 5) is 21.6. The smallest absolute Gasteiger partial charge is 0.239 e. The summed E-state index contributed by atoms with van der Waals surface area (Å²) in [5, 5.41) is 4.15. The number of rotatable bonds is 3. The van der Waals surface area contributed by atoms with Gasteiger partial charge in [-0.25, -0.2) is 0 Å². The van der Waals surface area contributed by atoms with E-state index in [9.17, 15) is 4.79 Å². The van der Waals surface area contributed by atoms with Gasteiger partial charge in [-0.15, -0.1) is 0 Å². The van der Waals surface area contributed by atoms with Crippen molar-refractivity contribution in [3.63, 3.8) is 0 Å². The van der Waals surface area contributed by atoms with E-state index in [4.69, 9.17) is 4.52 Å². The number of nitrogens with zero attached hydrogens (tertiary/aromatic N) is 4. The summed E-state index contributed by atoms with van der Waals surface area (Å²) in [7, 11) is 2.07. The van der Waals surface area contributed by atoms with Crippen LogP contribution < -0.4 is 0 Å². The first-order valence-corrected chi connectivity index (χ1v) is 8.88. The van der Waals surface area contributed by atoms with Gasteiger partial charge in [0.25, 0.3) is 0 Å². The van der Waals surface area contributed by atoms with Crippen molar-refractivity contribution in [3.8, 4) is 0 Å². The highest BCUT2D eigenvalue weighted by Gasteiger charge is 2.34. The number of aromatic nitrogens is 2. The van der Waals surface area contributed by atoms with Gasteiger partial charge in [0.2, 0.25) is 11.8 Å². The summed E-state index contributed by atoms with van der Waals surface area (Å²) in [6, 6.07) is 0.0546. The van der Waals surface area contributed by atoms with Crippen molar-refractivity contribution in [2.24, 2.45) is 0 Å². The third-order valence-electron chi connectivity index (χ3n) is 5.11. The van der Waals surface area contributed by atoms with E-state index in [0.717, 1.165) is 51.1 Å². The highest BCUT2D eigenvalue weighted by Crippen LogP contribution is 2.28. The summed E-state index contributed by atoms with van der Waals surface area (Å²) >= 11 is 0. The molecule has 1 aromatic heterocycles. The van der Waals surface area contributed by atoms with Crippen LogP contribution in [0.1, 0.15) is 69.5 Å². The minimum absolute atomic E-state index is 0.0546. The summed E-state index contributed by atoms with van der Waals surface area (Å²) in [5.41, 5.74) is 0. The molecule has 0 saturated carbocycles. The van der Waals surface area contributed by atoms with E-state index in [2.05, 4.69) is 22.1 Å². The molecule has 1 aromatic rings. The first-order chi connectivity index (χ1) is 11.1. The minimum atomic E-state index is 0.0546. The van der Waals surface area contributed by atoms with Gasteiger partial charge in [-0.2, -0.15) is 4.98 Å². The van der Waals surface area contributed by atoms with E-state index in [0.29, 0.717) is 5.89 Å². The molecule has 0 radical (unpaired) electrons. The van der Waals surface area contributed by atoms with Crippen molar-refractivity contribution in [3.05, 3.63) is 11.7 Å². The number of carbonyl (C=O) groups is 1. The zero-order valence-corrected chi connectivity index (χ0v) is 14.5. The van der Waals surface area contributed by atoms with E-state index in [1.165, 1.54) is 6.42 Å². The van der Waals surface area contributed by atoms with Crippen LogP contribution >= 0.6 is 0 Å². The fourth-order valence-corrected chi connectivity index (χ4v) is 3.63. The Morgan fingerprint density at radius 3 is 2.74 bits per heavy atom. The third-order valence-corrected chi connectivity index (χ3v) is 5.11. The maximum atomic E-state index is 12.9. The number of likely N-dealkylation sites (N-methyl/N-ethyl adjacent to an activating group) is 1. The molecule has 1 amide bonds. The lowest BCUT2D eigenvalue weighted by Gasteiger charge is -2.38. The summed E-state index contributed by atoms with van der Waals surface area (Å²) in [6.45, 7) is 6.70. The standard InChI is InChI=1S/C17H28N4O2/c1-12(2)16-18-15(19-23-16)13-7-6-10-21(11-13)17(22)14-8-4-5-9-20(14)3/h12-14H,4-11H2,1-3H3/t13-,14+/m0/s1. The molecule has 0 spiro atoms. The van der Waals surface area contributed by atoms with Crippen LogP contribution in [-0.2, 0) is 4.79 Å². The van der Waals surface area contributed by atoms with Gasteiger partial charge in [0.1, 0.15) is 0 Å². The molecule has 3 heterocycles. The summed E-state index contributed by atoms with van der Waals surface area (Å²) in [5.74, 6) is 2.19. The number of hydrogen-bond acceptors (Lipinski definition) is 5. The van der Waals surface area contributed by atoms with E-state index >= 15 is 0 Å². The Labute approximate surface area is 138 Å². The van der Waals surface area contributed by atoms with Crippen molar-refractivity contribution in [2.75, 3.05) is 26.7 Å². The molecule has 2 aliphatic heterocycles. The van der Waals surface area contributed by atoms with E-state index < -0.39 is 0 Å². The average molecular weight is 320 g/mol. The van der Waals surface area contributed by atoms with Crippen LogP contribution in [0.4, 0.5) is 0 Å². The molecule has 0 bridgehead atoms. The molecular formula is C17H28N4O2. The van der Waals surface area contributed by atoms with E-state index in [-0.39, 0.29) is 23.8 Å². The molecule has 2 fully saturated rings. The van der Waals surface area contributed by atoms with Crippen molar-refractivity contribution < 1.29 is 9.32 Å². The molecule has 0 aromatic carbocycles. The van der Waals surface area contributed by atoms with Gasteiger partial charge in [-0.1, -0.05) is 25.4 Å². The highest BCUT2D eigenvalue weighted by molar-refractivity contribution is 5.82. The van der Waals surface area contributed by atoms with Crippen molar-refractivity contribution in [2.45, 2.75) is 63.8 Å². The number of hydrogen-bond donors (Lipinski definition) is 0. The van der Waals surface area contributed by atoms with Gasteiger partial charge >= 0.3 is 0 Å². The highest BCUT2D eigenvalue weighted by atomic mass is 16.5. The molecule has 2 aliphatic rings. The zero-order chi connectivity index (χ0) is 16.4. The van der Waals surface area contributed by atoms with Crippen molar-refractivity contribution in [1.29, 1.82) is 0 Å². The molecule has 2 saturated heterocycles. The lowest BCUT2D eigenvalue weighted by molar-refractivity contribution is -0.138. The van der Waals surface area contributed by atoms with Crippen LogP contribution in [0.25, 0.3) is 0 Å². The topological polar surface area (TPSA) is 62.5 Å². The van der Waals surface area contributed by atoms with Crippen LogP contribution in [0.2, 0.25) is 0 Å². The van der Waals surface area contributed by atoms with Crippen LogP contribution in [-0.4, -0.2) is 58.6 Å². The van der Waals surface area contributed by atoms with E-state index in [1.54, 1.807) is 0 Å². The second-order valence-corrected chi connectivity index (χ2v) is 7.26. The molecule has 2 atom stereocenters. The maximum Gasteiger partial charge on any atom is 0.239 e. The Kier molecular flexibility index (Phi) is 4.99. The van der Waals surface area contributed by atoms with Gasteiger partial charge in [0.15, 0.2) is 5.82 Å². The second kappa shape index (κ2) is 6.99. The van der Waals surface area contributed by atoms with Crippen LogP contribution in [0.15, 0.2) is 4.52 Å². The quantitative estimate of drug-likeness (QED) is 0.855. The lowest BCUT2D eigenvalue weighted by atomic mass is 9.95. The Hall–Kier alpha value is -1.43. The normalized spacial score (nSPS) is 26.7. The average Bonchev–Trinajstić information content (AvgIpc) is 3.05. The fourth-order valence-electron chi connectivity index (χ4n) is 3.63. The Bertz CT molecular complexity index is 542. The maximum absolute atomic E-state index is 12.9. The number of carbonyl (C=O) groups excluding carboxylic acids is 1.